The number of hydrogen-bond acceptors (Lipinski definition) is 4. The van der Waals surface area contributed by atoms with Crippen LogP contribution in [0.5, 0.6) is 23.0 Å². The lowest BCUT2D eigenvalue weighted by Crippen LogP contribution is -1.96. The highest BCUT2D eigenvalue weighted by Gasteiger charge is 2.33. The smallest absolute Gasteiger partial charge is 0.161 e. The van der Waals surface area contributed by atoms with Gasteiger partial charge in [-0.3, -0.25) is 0 Å². The average Bonchev–Trinajstić information content (AvgIpc) is 2.75. The third-order valence-corrected chi connectivity index (χ3v) is 4.10. The van der Waals surface area contributed by atoms with E-state index in [-0.39, 0.29) is 34.8 Å². The zero-order valence-corrected chi connectivity index (χ0v) is 11.0. The van der Waals surface area contributed by atoms with Crippen molar-refractivity contribution in [1.82, 2.24) is 0 Å². The van der Waals surface area contributed by atoms with Gasteiger partial charge in [0, 0.05) is 11.5 Å². The summed E-state index contributed by atoms with van der Waals surface area (Å²) in [5, 5.41) is 38.9. The van der Waals surface area contributed by atoms with E-state index in [1.54, 1.807) is 6.07 Å². The van der Waals surface area contributed by atoms with Crippen molar-refractivity contribution in [2.75, 3.05) is 0 Å². The molecule has 0 aromatic heterocycles. The second-order valence-corrected chi connectivity index (χ2v) is 5.37. The lowest BCUT2D eigenvalue weighted by Gasteiger charge is -2.15. The van der Waals surface area contributed by atoms with Crippen LogP contribution in [0.15, 0.2) is 30.3 Å². The zero-order chi connectivity index (χ0) is 14.4. The summed E-state index contributed by atoms with van der Waals surface area (Å²) in [6.45, 7) is 2.07. The third-order valence-electron chi connectivity index (χ3n) is 4.10. The Bertz CT molecular complexity index is 678. The second kappa shape index (κ2) is 4.34. The highest BCUT2D eigenvalue weighted by molar-refractivity contribution is 5.58. The van der Waals surface area contributed by atoms with Crippen LogP contribution in [0, 0.1) is 0 Å². The molecule has 2 aromatic carbocycles. The van der Waals surface area contributed by atoms with Crippen LogP contribution in [-0.4, -0.2) is 20.4 Å². The molecule has 3 rings (SSSR count). The normalized spacial score (nSPS) is 20.9. The van der Waals surface area contributed by atoms with Gasteiger partial charge in [0.25, 0.3) is 0 Å². The zero-order valence-electron chi connectivity index (χ0n) is 11.0. The molecule has 0 radical (unpaired) electrons. The highest BCUT2D eigenvalue weighted by atomic mass is 16.3. The van der Waals surface area contributed by atoms with Gasteiger partial charge in [-0.15, -0.1) is 0 Å². The average molecular weight is 272 g/mol. The molecule has 4 heteroatoms. The Morgan fingerprint density at radius 2 is 1.60 bits per heavy atom. The Morgan fingerprint density at radius 1 is 0.900 bits per heavy atom. The van der Waals surface area contributed by atoms with E-state index in [1.807, 2.05) is 6.07 Å². The van der Waals surface area contributed by atoms with Gasteiger partial charge in [-0.25, -0.2) is 0 Å². The molecule has 0 fully saturated rings. The van der Waals surface area contributed by atoms with Crippen molar-refractivity contribution < 1.29 is 20.4 Å². The molecule has 0 spiro atoms. The third kappa shape index (κ3) is 1.76. The van der Waals surface area contributed by atoms with Gasteiger partial charge in [-0.1, -0.05) is 19.1 Å². The van der Waals surface area contributed by atoms with E-state index in [0.29, 0.717) is 5.56 Å². The monoisotopic (exact) mass is 272 g/mol. The summed E-state index contributed by atoms with van der Waals surface area (Å²) in [4.78, 5) is 0. The number of fused-ring (bicyclic) bond motifs is 1. The summed E-state index contributed by atoms with van der Waals surface area (Å²) in [5.41, 5.74) is 2.53. The quantitative estimate of drug-likeness (QED) is 0.601. The van der Waals surface area contributed by atoms with Gasteiger partial charge in [-0.05, 0) is 41.7 Å². The van der Waals surface area contributed by atoms with Crippen molar-refractivity contribution >= 4 is 0 Å². The van der Waals surface area contributed by atoms with Crippen LogP contribution in [-0.2, 0) is 0 Å². The molecule has 4 nitrogen and oxygen atoms in total. The molecule has 1 aliphatic rings. The Hall–Kier alpha value is -2.36. The van der Waals surface area contributed by atoms with Crippen LogP contribution < -0.4 is 0 Å². The minimum absolute atomic E-state index is 0.0931. The maximum absolute atomic E-state index is 10.1. The van der Waals surface area contributed by atoms with Crippen molar-refractivity contribution in [1.29, 1.82) is 0 Å². The van der Waals surface area contributed by atoms with Gasteiger partial charge in [0.2, 0.25) is 0 Å². The van der Waals surface area contributed by atoms with Crippen molar-refractivity contribution in [3.05, 3.63) is 47.0 Å². The molecule has 20 heavy (non-hydrogen) atoms. The minimum atomic E-state index is -0.178. The topological polar surface area (TPSA) is 80.9 Å². The molecule has 4 N–H and O–H groups in total. The Morgan fingerprint density at radius 3 is 2.30 bits per heavy atom. The SMILES string of the molecule is C[C@H]1C[C@H](c2ccc(O)c(O)c2)c2c1ccc(O)c2O. The number of phenolic OH excluding ortho intramolecular Hbond substituents is 4. The van der Waals surface area contributed by atoms with Crippen LogP contribution >= 0.6 is 0 Å². The maximum Gasteiger partial charge on any atom is 0.161 e. The first kappa shape index (κ1) is 12.7. The first-order valence-electron chi connectivity index (χ1n) is 6.55. The minimum Gasteiger partial charge on any atom is -0.504 e. The Labute approximate surface area is 116 Å². The Kier molecular flexibility index (Phi) is 2.74. The molecular weight excluding hydrogens is 256 g/mol. The van der Waals surface area contributed by atoms with E-state index in [0.717, 1.165) is 17.5 Å². The lowest BCUT2D eigenvalue weighted by molar-refractivity contribution is 0.397. The van der Waals surface area contributed by atoms with Crippen LogP contribution in [0.3, 0.4) is 0 Å². The van der Waals surface area contributed by atoms with Gasteiger partial charge in [0.1, 0.15) is 0 Å². The number of phenols is 4. The molecule has 2 aromatic rings. The molecule has 0 heterocycles. The van der Waals surface area contributed by atoms with Gasteiger partial charge in [-0.2, -0.15) is 0 Å². The summed E-state index contributed by atoms with van der Waals surface area (Å²) in [7, 11) is 0. The first-order valence-corrected chi connectivity index (χ1v) is 6.55. The largest absolute Gasteiger partial charge is 0.504 e. The number of hydrogen-bond donors (Lipinski definition) is 4. The van der Waals surface area contributed by atoms with Crippen LogP contribution in [0.4, 0.5) is 0 Å². The maximum atomic E-state index is 10.1. The molecule has 0 saturated heterocycles. The first-order chi connectivity index (χ1) is 9.49. The molecule has 2 atom stereocenters. The highest BCUT2D eigenvalue weighted by Crippen LogP contribution is 2.51. The molecular formula is C16H16O4. The number of rotatable bonds is 1. The second-order valence-electron chi connectivity index (χ2n) is 5.37. The summed E-state index contributed by atoms with van der Waals surface area (Å²) in [5.74, 6) is -0.408. The van der Waals surface area contributed by atoms with Crippen LogP contribution in [0.1, 0.15) is 41.9 Å². The fourth-order valence-corrected chi connectivity index (χ4v) is 3.07. The van der Waals surface area contributed by atoms with Crippen molar-refractivity contribution in [2.24, 2.45) is 0 Å². The van der Waals surface area contributed by atoms with E-state index in [4.69, 9.17) is 0 Å². The van der Waals surface area contributed by atoms with Gasteiger partial charge in [0.05, 0.1) is 0 Å². The standard InChI is InChI=1S/C16H16O4/c1-8-6-11(9-2-4-12(17)14(19)7-9)15-10(8)3-5-13(18)16(15)20/h2-5,7-8,11,17-20H,6H2,1H3/t8-,11+/m0/s1. The van der Waals surface area contributed by atoms with E-state index in [2.05, 4.69) is 6.92 Å². The fourth-order valence-electron chi connectivity index (χ4n) is 3.07. The van der Waals surface area contributed by atoms with Crippen LogP contribution in [0.2, 0.25) is 0 Å². The van der Waals surface area contributed by atoms with E-state index < -0.39 is 0 Å². The molecule has 0 bridgehead atoms. The Balaban J connectivity index is 2.15. The van der Waals surface area contributed by atoms with Gasteiger partial charge >= 0.3 is 0 Å². The molecule has 0 amide bonds. The molecule has 1 aliphatic carbocycles. The van der Waals surface area contributed by atoms with Crippen molar-refractivity contribution in [3.8, 4) is 23.0 Å². The van der Waals surface area contributed by atoms with Gasteiger partial charge < -0.3 is 20.4 Å². The van der Waals surface area contributed by atoms with E-state index in [1.165, 1.54) is 18.2 Å². The summed E-state index contributed by atoms with van der Waals surface area (Å²) >= 11 is 0. The van der Waals surface area contributed by atoms with E-state index in [9.17, 15) is 20.4 Å². The lowest BCUT2D eigenvalue weighted by atomic mass is 9.91. The summed E-state index contributed by atoms with van der Waals surface area (Å²) in [6.07, 6.45) is 0.788. The predicted octanol–water partition coefficient (Wildman–Crippen LogP) is 3.15. The number of aromatic hydroxyl groups is 4. The molecule has 0 saturated carbocycles. The predicted molar refractivity (Wildman–Crippen MR) is 74.4 cm³/mol. The molecule has 104 valence electrons. The molecule has 0 unspecified atom stereocenters. The van der Waals surface area contributed by atoms with E-state index >= 15 is 0 Å². The number of benzene rings is 2. The van der Waals surface area contributed by atoms with Crippen LogP contribution in [0.25, 0.3) is 0 Å². The fraction of sp³-hybridized carbons (Fsp3) is 0.250. The summed E-state index contributed by atoms with van der Waals surface area (Å²) < 4.78 is 0. The van der Waals surface area contributed by atoms with Crippen molar-refractivity contribution in [2.45, 2.75) is 25.2 Å². The van der Waals surface area contributed by atoms with Crippen molar-refractivity contribution in [3.63, 3.8) is 0 Å². The summed E-state index contributed by atoms with van der Waals surface area (Å²) in [6, 6.07) is 8.00. The van der Waals surface area contributed by atoms with Gasteiger partial charge in [0.15, 0.2) is 23.0 Å². The molecule has 0 aliphatic heterocycles.